The van der Waals surface area contributed by atoms with Gasteiger partial charge in [0.05, 0.1) is 34.1 Å². The van der Waals surface area contributed by atoms with E-state index in [0.717, 1.165) is 22.7 Å². The summed E-state index contributed by atoms with van der Waals surface area (Å²) in [5.41, 5.74) is 1.32. The molecule has 13 heteroatoms. The van der Waals surface area contributed by atoms with Crippen molar-refractivity contribution in [3.05, 3.63) is 32.0 Å². The van der Waals surface area contributed by atoms with E-state index >= 15 is 0 Å². The van der Waals surface area contributed by atoms with Crippen LogP contribution in [-0.4, -0.2) is 60.0 Å². The number of anilines is 2. The zero-order valence-corrected chi connectivity index (χ0v) is 25.2. The lowest BCUT2D eigenvalue weighted by Gasteiger charge is -2.08. The standard InChI is InChI=1S/C26H32N2O8S3/c1-7-35-25(33)19-13(3)21(15(5)29)38-23(19)27-17(31)9-11-37-12-10-18(32)28-24-20(26(34)36-8-2)14(4)22(39-24)16(6)30/h7-12H2,1-6H3,(H,27,31)(H,28,32). The molecule has 0 unspecified atom stereocenters. The van der Waals surface area contributed by atoms with Gasteiger partial charge in [-0.1, -0.05) is 0 Å². The summed E-state index contributed by atoms with van der Waals surface area (Å²) in [5, 5.41) is 5.97. The minimum Gasteiger partial charge on any atom is -0.462 e. The zero-order valence-electron chi connectivity index (χ0n) is 22.7. The van der Waals surface area contributed by atoms with Gasteiger partial charge in [0.25, 0.3) is 0 Å². The van der Waals surface area contributed by atoms with E-state index in [1.165, 1.54) is 25.6 Å². The van der Waals surface area contributed by atoms with Gasteiger partial charge in [-0.2, -0.15) is 11.8 Å². The van der Waals surface area contributed by atoms with Gasteiger partial charge < -0.3 is 20.1 Å². The highest BCUT2D eigenvalue weighted by molar-refractivity contribution is 7.99. The Hall–Kier alpha value is -3.03. The Morgan fingerprint density at radius 2 is 1.05 bits per heavy atom. The van der Waals surface area contributed by atoms with Crippen LogP contribution in [0.5, 0.6) is 0 Å². The maximum Gasteiger partial charge on any atom is 0.341 e. The number of Topliss-reactive ketones (excluding diaryl/α,β-unsaturated/α-hetero) is 2. The summed E-state index contributed by atoms with van der Waals surface area (Å²) in [5.74, 6) is -1.45. The maximum atomic E-state index is 12.5. The van der Waals surface area contributed by atoms with Crippen LogP contribution >= 0.6 is 34.4 Å². The number of carbonyl (C=O) groups excluding carboxylic acids is 6. The first-order valence-corrected chi connectivity index (χ1v) is 15.0. The molecule has 2 rings (SSSR count). The fraction of sp³-hybridized carbons (Fsp3) is 0.462. The number of nitrogens with one attached hydrogen (secondary N) is 2. The molecule has 0 radical (unpaired) electrons. The molecule has 10 nitrogen and oxygen atoms in total. The molecule has 2 N–H and O–H groups in total. The quantitative estimate of drug-likeness (QED) is 0.169. The Bertz CT molecular complexity index is 1180. The van der Waals surface area contributed by atoms with Crippen molar-refractivity contribution >= 4 is 79.8 Å². The van der Waals surface area contributed by atoms with Crippen LogP contribution in [0.2, 0.25) is 0 Å². The maximum absolute atomic E-state index is 12.5. The van der Waals surface area contributed by atoms with Crippen LogP contribution in [0, 0.1) is 13.8 Å². The number of esters is 2. The molecule has 0 saturated heterocycles. The van der Waals surface area contributed by atoms with Gasteiger partial charge in [-0.15, -0.1) is 22.7 Å². The van der Waals surface area contributed by atoms with Gasteiger partial charge in [0.1, 0.15) is 10.0 Å². The number of hydrogen-bond acceptors (Lipinski definition) is 11. The first-order chi connectivity index (χ1) is 18.4. The number of hydrogen-bond donors (Lipinski definition) is 2. The van der Waals surface area contributed by atoms with Crippen LogP contribution in [0.25, 0.3) is 0 Å². The Labute approximate surface area is 239 Å². The number of carbonyl (C=O) groups is 6. The van der Waals surface area contributed by atoms with Crippen LogP contribution in [-0.2, 0) is 19.1 Å². The van der Waals surface area contributed by atoms with Crippen molar-refractivity contribution in [1.29, 1.82) is 0 Å². The van der Waals surface area contributed by atoms with Crippen molar-refractivity contribution in [3.63, 3.8) is 0 Å². The van der Waals surface area contributed by atoms with Crippen LogP contribution in [0.4, 0.5) is 10.0 Å². The second-order valence-electron chi connectivity index (χ2n) is 8.28. The van der Waals surface area contributed by atoms with Crippen molar-refractivity contribution in [3.8, 4) is 0 Å². The minimum atomic E-state index is -0.600. The molecule has 0 fully saturated rings. The summed E-state index contributed by atoms with van der Waals surface area (Å²) >= 11 is 3.47. The molecule has 2 aromatic heterocycles. The third kappa shape index (κ3) is 8.48. The van der Waals surface area contributed by atoms with Gasteiger partial charge >= 0.3 is 11.9 Å². The normalized spacial score (nSPS) is 10.6. The molecule has 0 aliphatic carbocycles. The van der Waals surface area contributed by atoms with E-state index in [-0.39, 0.29) is 70.6 Å². The average Bonchev–Trinajstić information content (AvgIpc) is 3.35. The summed E-state index contributed by atoms with van der Waals surface area (Å²) in [4.78, 5) is 74.4. The van der Waals surface area contributed by atoms with E-state index in [1.54, 1.807) is 27.7 Å². The van der Waals surface area contributed by atoms with Gasteiger partial charge in [0.15, 0.2) is 11.6 Å². The number of ether oxygens (including phenoxy) is 2. The first-order valence-electron chi connectivity index (χ1n) is 12.2. The number of thiophene rings is 2. The molecular formula is C26H32N2O8S3. The first kappa shape index (κ1) is 32.2. The largest absolute Gasteiger partial charge is 0.462 e. The third-order valence-corrected chi connectivity index (χ3v) is 8.95. The molecule has 0 aliphatic rings. The second kappa shape index (κ2) is 14.9. The molecule has 2 heterocycles. The molecule has 2 aromatic rings. The van der Waals surface area contributed by atoms with Crippen LogP contribution < -0.4 is 10.6 Å². The molecular weight excluding hydrogens is 564 g/mol. The van der Waals surface area contributed by atoms with E-state index in [2.05, 4.69) is 10.6 Å². The van der Waals surface area contributed by atoms with Gasteiger partial charge in [0, 0.05) is 24.3 Å². The lowest BCUT2D eigenvalue weighted by Crippen LogP contribution is -2.16. The van der Waals surface area contributed by atoms with Crippen LogP contribution in [0.1, 0.15) is 91.7 Å². The summed E-state index contributed by atoms with van der Waals surface area (Å²) < 4.78 is 10.2. The lowest BCUT2D eigenvalue weighted by atomic mass is 10.1. The molecule has 0 spiro atoms. The Morgan fingerprint density at radius 3 is 1.36 bits per heavy atom. The fourth-order valence-electron chi connectivity index (χ4n) is 3.58. The fourth-order valence-corrected chi connectivity index (χ4v) is 6.66. The van der Waals surface area contributed by atoms with Gasteiger partial charge in [-0.3, -0.25) is 19.2 Å². The molecule has 0 aromatic carbocycles. The summed E-state index contributed by atoms with van der Waals surface area (Å²) in [6.07, 6.45) is 0.250. The van der Waals surface area contributed by atoms with Crippen molar-refractivity contribution in [2.24, 2.45) is 0 Å². The predicted molar refractivity (Wildman–Crippen MR) is 154 cm³/mol. The second-order valence-corrected chi connectivity index (χ2v) is 11.5. The van der Waals surface area contributed by atoms with E-state index in [4.69, 9.17) is 9.47 Å². The predicted octanol–water partition coefficient (Wildman–Crippen LogP) is 5.28. The lowest BCUT2D eigenvalue weighted by molar-refractivity contribution is -0.116. The molecule has 0 bridgehead atoms. The van der Waals surface area contributed by atoms with Gasteiger partial charge in [-0.25, -0.2) is 9.59 Å². The van der Waals surface area contributed by atoms with E-state index in [0.29, 0.717) is 32.4 Å². The summed E-state index contributed by atoms with van der Waals surface area (Å²) in [7, 11) is 0. The molecule has 0 atom stereocenters. The van der Waals surface area contributed by atoms with Crippen molar-refractivity contribution in [2.75, 3.05) is 35.4 Å². The summed E-state index contributed by atoms with van der Waals surface area (Å²) in [6, 6.07) is 0. The smallest absolute Gasteiger partial charge is 0.341 e. The van der Waals surface area contributed by atoms with E-state index in [1.807, 2.05) is 0 Å². The highest BCUT2D eigenvalue weighted by Gasteiger charge is 2.26. The highest BCUT2D eigenvalue weighted by atomic mass is 32.2. The van der Waals surface area contributed by atoms with Crippen molar-refractivity contribution in [2.45, 2.75) is 54.4 Å². The number of rotatable bonds is 14. The molecule has 0 saturated carbocycles. The Kier molecular flexibility index (Phi) is 12.3. The third-order valence-electron chi connectivity index (χ3n) is 5.35. The van der Waals surface area contributed by atoms with Gasteiger partial charge in [0.2, 0.25) is 11.8 Å². The van der Waals surface area contributed by atoms with E-state index < -0.39 is 11.9 Å². The number of thioether (sulfide) groups is 1. The monoisotopic (exact) mass is 596 g/mol. The Morgan fingerprint density at radius 1 is 0.692 bits per heavy atom. The molecule has 2 amide bonds. The highest BCUT2D eigenvalue weighted by Crippen LogP contribution is 2.35. The van der Waals surface area contributed by atoms with Crippen molar-refractivity contribution in [1.82, 2.24) is 0 Å². The van der Waals surface area contributed by atoms with Gasteiger partial charge in [-0.05, 0) is 52.7 Å². The number of ketones is 2. The zero-order chi connectivity index (χ0) is 29.3. The Balaban J connectivity index is 1.91. The van der Waals surface area contributed by atoms with E-state index in [9.17, 15) is 28.8 Å². The number of amides is 2. The van der Waals surface area contributed by atoms with Crippen molar-refractivity contribution < 1.29 is 38.2 Å². The minimum absolute atomic E-state index is 0.125. The average molecular weight is 597 g/mol. The topological polar surface area (TPSA) is 145 Å². The van der Waals surface area contributed by atoms with Crippen LogP contribution in [0.15, 0.2) is 0 Å². The summed E-state index contributed by atoms with van der Waals surface area (Å²) in [6.45, 7) is 9.74. The molecule has 0 aliphatic heterocycles. The SMILES string of the molecule is CCOC(=O)c1c(NC(=O)CCSCCC(=O)Nc2sc(C(C)=O)c(C)c2C(=O)OCC)sc(C(C)=O)c1C. The molecule has 39 heavy (non-hydrogen) atoms. The molecule has 212 valence electrons. The van der Waals surface area contributed by atoms with Crippen LogP contribution in [0.3, 0.4) is 0 Å².